The van der Waals surface area contributed by atoms with Gasteiger partial charge < -0.3 is 24.6 Å². The number of ether oxygens (including phenoxy) is 2. The molecule has 0 spiro atoms. The molecular formula is C44H51F2N11O5. The van der Waals surface area contributed by atoms with E-state index in [4.69, 9.17) is 14.5 Å². The first-order valence-corrected chi connectivity index (χ1v) is 21.7. The van der Waals surface area contributed by atoms with Crippen molar-refractivity contribution in [3.05, 3.63) is 65.4 Å². The van der Waals surface area contributed by atoms with Crippen LogP contribution in [0.1, 0.15) is 104 Å². The molecule has 3 saturated heterocycles. The first-order chi connectivity index (χ1) is 30.2. The van der Waals surface area contributed by atoms with Gasteiger partial charge >= 0.3 is 0 Å². The van der Waals surface area contributed by atoms with Crippen molar-refractivity contribution < 1.29 is 32.6 Å². The van der Waals surface area contributed by atoms with Crippen LogP contribution in [0.2, 0.25) is 0 Å². The molecule has 62 heavy (non-hydrogen) atoms. The summed E-state index contributed by atoms with van der Waals surface area (Å²) in [5.74, 6) is 6.48. The number of imide groups is 1. The van der Waals surface area contributed by atoms with E-state index < -0.39 is 24.1 Å². The Morgan fingerprint density at radius 1 is 1.03 bits per heavy atom. The van der Waals surface area contributed by atoms with Gasteiger partial charge in [-0.25, -0.2) is 18.3 Å². The number of hydrogen-bond donors (Lipinski definition) is 2. The normalized spacial score (nSPS) is 21.9. The van der Waals surface area contributed by atoms with Gasteiger partial charge in [0.2, 0.25) is 5.91 Å². The number of rotatable bonds is 10. The Kier molecular flexibility index (Phi) is 12.3. The number of alkyl halides is 2. The smallest absolute Gasteiger partial charge is 0.284 e. The maximum atomic E-state index is 14.3. The lowest BCUT2D eigenvalue weighted by Gasteiger charge is -2.36. The van der Waals surface area contributed by atoms with Crippen molar-refractivity contribution in [3.63, 3.8) is 0 Å². The Balaban J connectivity index is 0.744. The van der Waals surface area contributed by atoms with Gasteiger partial charge in [0.05, 0.1) is 41.8 Å². The molecule has 4 aromatic heterocycles. The number of nitrogens with zero attached hydrogens (tertiary/aromatic N) is 9. The maximum Gasteiger partial charge on any atom is 0.284 e. The summed E-state index contributed by atoms with van der Waals surface area (Å²) in [6.07, 6.45) is 8.90. The molecule has 1 saturated carbocycles. The highest BCUT2D eigenvalue weighted by atomic mass is 19.3. The highest BCUT2D eigenvalue weighted by molar-refractivity contribution is 6.08. The minimum atomic E-state index is -2.86. The van der Waals surface area contributed by atoms with E-state index in [1.165, 1.54) is 10.7 Å². The van der Waals surface area contributed by atoms with Gasteiger partial charge in [0, 0.05) is 69.1 Å². The fourth-order valence-corrected chi connectivity index (χ4v) is 9.35. The summed E-state index contributed by atoms with van der Waals surface area (Å²) in [4.78, 5) is 47.1. The van der Waals surface area contributed by atoms with Gasteiger partial charge in [-0.15, -0.1) is 0 Å². The standard InChI is InChI=1S/C44H51F2N11O5/c1-28-39-30(5-2-7-35(39)57(51-28)36-12-13-38(58)50-44(36)60)6-3-23-62-32-14-18-53(19-15-32)26-29-8-10-31(11-9-29)56-27-34(40(52-56)41(45)46)48-43(59)33-25-47-55-20-16-37(49-42(33)55)54-17-4-22-61-24-21-54/h2,5,7,16,20,25,27,29,31-32,36,41H,4,8-15,17-19,21-24,26H2,1H3,(H,48,59)(H,50,58,60). The monoisotopic (exact) mass is 851 g/mol. The van der Waals surface area contributed by atoms with E-state index in [1.54, 1.807) is 21.8 Å². The molecule has 2 N–H and O–H groups in total. The molecule has 1 aliphatic carbocycles. The average Bonchev–Trinajstić information content (AvgIpc) is 3.92. The molecule has 16 nitrogen and oxygen atoms in total. The average molecular weight is 852 g/mol. The van der Waals surface area contributed by atoms with Crippen molar-refractivity contribution in [2.75, 3.05) is 62.8 Å². The number of piperidine rings is 2. The summed E-state index contributed by atoms with van der Waals surface area (Å²) in [7, 11) is 0. The fourth-order valence-electron chi connectivity index (χ4n) is 9.35. The zero-order chi connectivity index (χ0) is 42.7. The van der Waals surface area contributed by atoms with Crippen LogP contribution in [-0.2, 0) is 19.1 Å². The van der Waals surface area contributed by atoms with Crippen LogP contribution in [0.25, 0.3) is 16.6 Å². The van der Waals surface area contributed by atoms with Crippen LogP contribution in [0.15, 0.2) is 42.9 Å². The Labute approximate surface area is 357 Å². The third kappa shape index (κ3) is 8.92. The minimum absolute atomic E-state index is 0.00476. The van der Waals surface area contributed by atoms with E-state index in [2.05, 4.69) is 47.6 Å². The number of nitrogens with one attached hydrogen (secondary N) is 2. The molecule has 9 rings (SSSR count). The molecular weight excluding hydrogens is 801 g/mol. The number of halogens is 2. The maximum absolute atomic E-state index is 14.3. The molecule has 326 valence electrons. The second-order valence-corrected chi connectivity index (χ2v) is 16.7. The third-order valence-corrected chi connectivity index (χ3v) is 12.6. The van der Waals surface area contributed by atoms with Gasteiger partial charge in [-0.1, -0.05) is 17.9 Å². The largest absolute Gasteiger partial charge is 0.380 e. The molecule has 0 radical (unpaired) electrons. The van der Waals surface area contributed by atoms with Crippen molar-refractivity contribution >= 4 is 45.8 Å². The van der Waals surface area contributed by atoms with Crippen LogP contribution in [0, 0.1) is 24.7 Å². The van der Waals surface area contributed by atoms with Gasteiger partial charge in [0.15, 0.2) is 11.3 Å². The number of anilines is 2. The molecule has 18 heteroatoms. The summed E-state index contributed by atoms with van der Waals surface area (Å²) in [5.41, 5.74) is 2.50. The number of fused-ring (bicyclic) bond motifs is 2. The van der Waals surface area contributed by atoms with Crippen molar-refractivity contribution in [2.24, 2.45) is 5.92 Å². The molecule has 1 unspecified atom stereocenters. The van der Waals surface area contributed by atoms with Gasteiger partial charge in [-0.2, -0.15) is 15.3 Å². The van der Waals surface area contributed by atoms with Gasteiger partial charge in [0.25, 0.3) is 18.2 Å². The van der Waals surface area contributed by atoms with Crippen molar-refractivity contribution in [3.8, 4) is 11.8 Å². The van der Waals surface area contributed by atoms with E-state index in [1.807, 2.05) is 31.2 Å². The molecule has 4 aliphatic rings. The first kappa shape index (κ1) is 41.6. The van der Waals surface area contributed by atoms with Crippen LogP contribution in [0.5, 0.6) is 0 Å². The highest BCUT2D eigenvalue weighted by Crippen LogP contribution is 2.36. The van der Waals surface area contributed by atoms with Gasteiger partial charge in [0.1, 0.15) is 24.0 Å². The summed E-state index contributed by atoms with van der Waals surface area (Å²) in [6.45, 7) is 7.80. The van der Waals surface area contributed by atoms with Crippen LogP contribution >= 0.6 is 0 Å². The highest BCUT2D eigenvalue weighted by Gasteiger charge is 2.32. The fraction of sp³-hybridized carbons (Fsp3) is 0.523. The van der Waals surface area contributed by atoms with Gasteiger partial charge in [-0.05, 0) is 82.4 Å². The Bertz CT molecular complexity index is 2500. The van der Waals surface area contributed by atoms with E-state index in [9.17, 15) is 23.2 Å². The molecule has 3 amide bonds. The molecule has 7 heterocycles. The predicted molar refractivity (Wildman–Crippen MR) is 225 cm³/mol. The number of aromatic nitrogens is 7. The molecule has 0 bridgehead atoms. The number of benzene rings is 1. The number of likely N-dealkylation sites (tertiary alicyclic amines) is 1. The van der Waals surface area contributed by atoms with Crippen LogP contribution < -0.4 is 15.5 Å². The molecule has 1 aromatic carbocycles. The van der Waals surface area contributed by atoms with E-state index in [0.29, 0.717) is 50.2 Å². The SMILES string of the molecule is Cc1nn(C2CCC(=O)NC2=O)c2cccc(C#CCOC3CCN(CC4CCC(n5cc(NC(=O)c6cnn7ccc(N8CCCOCC8)nc67)c(C(F)F)n5)CC4)CC3)c12. The number of amides is 3. The lowest BCUT2D eigenvalue weighted by molar-refractivity contribution is -0.135. The summed E-state index contributed by atoms with van der Waals surface area (Å²) in [6, 6.07) is 7.05. The van der Waals surface area contributed by atoms with E-state index in [-0.39, 0.29) is 41.6 Å². The predicted octanol–water partition coefficient (Wildman–Crippen LogP) is 5.24. The number of carbonyl (C=O) groups excluding carboxylic acids is 3. The van der Waals surface area contributed by atoms with Crippen molar-refractivity contribution in [1.29, 1.82) is 0 Å². The van der Waals surface area contributed by atoms with E-state index >= 15 is 0 Å². The number of aryl methyl sites for hydroxylation is 1. The molecule has 4 fully saturated rings. The minimum Gasteiger partial charge on any atom is -0.380 e. The molecule has 1 atom stereocenters. The Morgan fingerprint density at radius 2 is 1.87 bits per heavy atom. The molecule has 5 aromatic rings. The quantitative estimate of drug-likeness (QED) is 0.139. The second-order valence-electron chi connectivity index (χ2n) is 16.7. The Morgan fingerprint density at radius 3 is 2.68 bits per heavy atom. The number of hydrogen-bond acceptors (Lipinski definition) is 11. The lowest BCUT2D eigenvalue weighted by atomic mass is 9.85. The zero-order valence-electron chi connectivity index (χ0n) is 34.8. The zero-order valence-corrected chi connectivity index (χ0v) is 34.8. The van der Waals surface area contributed by atoms with Crippen LogP contribution in [0.3, 0.4) is 0 Å². The summed E-state index contributed by atoms with van der Waals surface area (Å²) in [5, 5.41) is 19.2. The Hall–Kier alpha value is -5.77. The topological polar surface area (TPSA) is 166 Å². The third-order valence-electron chi connectivity index (χ3n) is 12.6. The lowest BCUT2D eigenvalue weighted by Crippen LogP contribution is -2.42. The van der Waals surface area contributed by atoms with Crippen molar-refractivity contribution in [1.82, 2.24) is 44.4 Å². The van der Waals surface area contributed by atoms with Gasteiger partial charge in [-0.3, -0.25) is 29.1 Å². The first-order valence-electron chi connectivity index (χ1n) is 21.7. The second kappa shape index (κ2) is 18.3. The summed E-state index contributed by atoms with van der Waals surface area (Å²) < 4.78 is 45.1. The van der Waals surface area contributed by atoms with Crippen LogP contribution in [-0.4, -0.2) is 115 Å². The van der Waals surface area contributed by atoms with E-state index in [0.717, 1.165) is 93.3 Å². The number of carbonyl (C=O) groups is 3. The summed E-state index contributed by atoms with van der Waals surface area (Å²) >= 11 is 0. The molecule has 3 aliphatic heterocycles. The van der Waals surface area contributed by atoms with Crippen LogP contribution in [0.4, 0.5) is 20.3 Å². The van der Waals surface area contributed by atoms with Crippen molar-refractivity contribution in [2.45, 2.75) is 89.3 Å².